The third-order valence-corrected chi connectivity index (χ3v) is 8.47. The van der Waals surface area contributed by atoms with Crippen molar-refractivity contribution in [2.24, 2.45) is 5.41 Å². The first-order valence-corrected chi connectivity index (χ1v) is 14.1. The van der Waals surface area contributed by atoms with Crippen molar-refractivity contribution >= 4 is 35.0 Å². The molecule has 0 radical (unpaired) electrons. The van der Waals surface area contributed by atoms with Gasteiger partial charge in [0, 0.05) is 31.7 Å². The lowest BCUT2D eigenvalue weighted by molar-refractivity contribution is -0.131. The number of anilines is 4. The molecule has 2 heterocycles. The molecule has 2 aliphatic carbocycles. The molecule has 0 bridgehead atoms. The molecule has 5 rings (SSSR count). The Morgan fingerprint density at radius 2 is 1.97 bits per heavy atom. The Balaban J connectivity index is 1.38. The Morgan fingerprint density at radius 1 is 1.21 bits per heavy atom. The highest BCUT2D eigenvalue weighted by atomic mass is 16.5. The molecule has 1 aromatic carbocycles. The number of hydrogen-bond donors (Lipinski definition) is 2. The predicted octanol–water partition coefficient (Wildman–Crippen LogP) is 3.81. The number of nitrogens with one attached hydrogen (secondary N) is 2. The van der Waals surface area contributed by atoms with Crippen LogP contribution in [0.25, 0.3) is 0 Å². The van der Waals surface area contributed by atoms with Crippen LogP contribution in [0.3, 0.4) is 0 Å². The van der Waals surface area contributed by atoms with Gasteiger partial charge in [0.2, 0.25) is 11.9 Å². The number of carbonyl (C=O) groups excluding carboxylic acids is 2. The molecule has 2 amide bonds. The minimum atomic E-state index is -0.322. The van der Waals surface area contributed by atoms with Gasteiger partial charge in [0.1, 0.15) is 11.4 Å². The van der Waals surface area contributed by atoms with E-state index in [0.29, 0.717) is 42.1 Å². The first kappa shape index (κ1) is 27.2. The van der Waals surface area contributed by atoms with Crippen LogP contribution in [0.2, 0.25) is 0 Å². The fourth-order valence-electron chi connectivity index (χ4n) is 6.06. The summed E-state index contributed by atoms with van der Waals surface area (Å²) < 4.78 is 5.61. The van der Waals surface area contributed by atoms with Crippen molar-refractivity contribution in [1.82, 2.24) is 20.2 Å². The van der Waals surface area contributed by atoms with E-state index in [1.54, 1.807) is 30.3 Å². The number of ether oxygens (including phenoxy) is 1. The number of fused-ring (bicyclic) bond motifs is 1. The molecule has 1 spiro atoms. The number of aromatic nitrogens is 2. The van der Waals surface area contributed by atoms with E-state index >= 15 is 0 Å². The minimum absolute atomic E-state index is 0.135. The maximum atomic E-state index is 13.5. The molecule has 210 valence electrons. The molecule has 1 aromatic heterocycles. The standard InChI is InChI=1S/C29H41N7O3/c1-34(2)16-8-15-30-26(37)20-11-12-22(24(17-20)39-4)32-28-31-18-23-25(33-28)36(21-9-5-6-10-21)19-29(13-7-14-29)27(38)35(23)3/h11-12,17-18,21H,5-10,13-16,19H2,1-4H3,(H,30,37)(H,31,32,33). The van der Waals surface area contributed by atoms with Crippen molar-refractivity contribution in [1.29, 1.82) is 0 Å². The highest BCUT2D eigenvalue weighted by Gasteiger charge is 2.51. The van der Waals surface area contributed by atoms with Gasteiger partial charge in [0.05, 0.1) is 24.4 Å². The monoisotopic (exact) mass is 535 g/mol. The molecule has 2 saturated carbocycles. The fraction of sp³-hybridized carbons (Fsp3) is 0.586. The summed E-state index contributed by atoms with van der Waals surface area (Å²) >= 11 is 0. The van der Waals surface area contributed by atoms with Crippen molar-refractivity contribution in [2.45, 2.75) is 57.4 Å². The van der Waals surface area contributed by atoms with Gasteiger partial charge in [0.15, 0.2) is 5.82 Å². The molecular formula is C29H41N7O3. The van der Waals surface area contributed by atoms with Crippen LogP contribution in [-0.4, -0.2) is 80.6 Å². The normalized spacial score (nSPS) is 18.6. The largest absolute Gasteiger partial charge is 0.495 e. The highest BCUT2D eigenvalue weighted by Crippen LogP contribution is 2.49. The number of nitrogens with zero attached hydrogens (tertiary/aromatic N) is 5. The van der Waals surface area contributed by atoms with E-state index in [1.807, 2.05) is 27.2 Å². The first-order chi connectivity index (χ1) is 18.8. The summed E-state index contributed by atoms with van der Waals surface area (Å²) in [6, 6.07) is 5.70. The molecule has 2 N–H and O–H groups in total. The van der Waals surface area contributed by atoms with Gasteiger partial charge in [0.25, 0.3) is 5.91 Å². The number of benzene rings is 1. The Morgan fingerprint density at radius 3 is 2.64 bits per heavy atom. The van der Waals surface area contributed by atoms with Gasteiger partial charge in [-0.3, -0.25) is 9.59 Å². The minimum Gasteiger partial charge on any atom is -0.495 e. The summed E-state index contributed by atoms with van der Waals surface area (Å²) in [5, 5.41) is 6.26. The zero-order valence-corrected chi connectivity index (χ0v) is 23.6. The number of hydrogen-bond acceptors (Lipinski definition) is 8. The van der Waals surface area contributed by atoms with Crippen LogP contribution in [0.5, 0.6) is 5.75 Å². The van der Waals surface area contributed by atoms with E-state index in [0.717, 1.165) is 56.6 Å². The second kappa shape index (κ2) is 11.4. The third-order valence-electron chi connectivity index (χ3n) is 8.47. The van der Waals surface area contributed by atoms with Crippen LogP contribution in [0, 0.1) is 5.41 Å². The van der Waals surface area contributed by atoms with Crippen LogP contribution in [0.4, 0.5) is 23.1 Å². The molecule has 10 heteroatoms. The summed E-state index contributed by atoms with van der Waals surface area (Å²) in [7, 11) is 7.46. The van der Waals surface area contributed by atoms with Gasteiger partial charge < -0.3 is 30.1 Å². The third kappa shape index (κ3) is 5.52. The van der Waals surface area contributed by atoms with Gasteiger partial charge in [-0.25, -0.2) is 4.98 Å². The van der Waals surface area contributed by atoms with E-state index in [1.165, 1.54) is 12.8 Å². The van der Waals surface area contributed by atoms with E-state index in [-0.39, 0.29) is 17.2 Å². The van der Waals surface area contributed by atoms with Crippen molar-refractivity contribution in [3.8, 4) is 5.75 Å². The Kier molecular flexibility index (Phi) is 7.93. The van der Waals surface area contributed by atoms with Crippen molar-refractivity contribution in [3.63, 3.8) is 0 Å². The van der Waals surface area contributed by atoms with Gasteiger partial charge in [-0.2, -0.15) is 4.98 Å². The second-order valence-electron chi connectivity index (χ2n) is 11.4. The average molecular weight is 536 g/mol. The SMILES string of the molecule is COc1cc(C(=O)NCCCN(C)C)ccc1Nc1ncc2c(n1)N(C1CCCC1)CC1(CCC1)C(=O)N2C. The summed E-state index contributed by atoms with van der Waals surface area (Å²) in [5.41, 5.74) is 1.64. The van der Waals surface area contributed by atoms with E-state index in [4.69, 9.17) is 9.72 Å². The molecular weight excluding hydrogens is 494 g/mol. The predicted molar refractivity (Wildman–Crippen MR) is 153 cm³/mol. The van der Waals surface area contributed by atoms with E-state index in [2.05, 4.69) is 25.4 Å². The first-order valence-electron chi connectivity index (χ1n) is 14.1. The lowest BCUT2D eigenvalue weighted by Crippen LogP contribution is -2.52. The fourth-order valence-corrected chi connectivity index (χ4v) is 6.06. The Labute approximate surface area is 231 Å². The Bertz CT molecular complexity index is 1210. The highest BCUT2D eigenvalue weighted by molar-refractivity contribution is 6.02. The van der Waals surface area contributed by atoms with Gasteiger partial charge in [-0.1, -0.05) is 19.3 Å². The molecule has 0 atom stereocenters. The van der Waals surface area contributed by atoms with Crippen LogP contribution in [0.1, 0.15) is 61.7 Å². The van der Waals surface area contributed by atoms with Crippen molar-refractivity contribution in [3.05, 3.63) is 30.0 Å². The zero-order chi connectivity index (χ0) is 27.6. The lowest BCUT2D eigenvalue weighted by Gasteiger charge is -2.44. The van der Waals surface area contributed by atoms with Gasteiger partial charge in [-0.05, 0) is 70.9 Å². The van der Waals surface area contributed by atoms with Gasteiger partial charge in [-0.15, -0.1) is 0 Å². The summed E-state index contributed by atoms with van der Waals surface area (Å²) in [6.45, 7) is 2.24. The van der Waals surface area contributed by atoms with E-state index in [9.17, 15) is 9.59 Å². The number of rotatable bonds is 9. The maximum Gasteiger partial charge on any atom is 0.251 e. The number of methoxy groups -OCH3 is 1. The second-order valence-corrected chi connectivity index (χ2v) is 11.4. The van der Waals surface area contributed by atoms with Gasteiger partial charge >= 0.3 is 0 Å². The average Bonchev–Trinajstić information content (AvgIpc) is 3.42. The lowest BCUT2D eigenvalue weighted by atomic mass is 9.67. The molecule has 0 unspecified atom stereocenters. The van der Waals surface area contributed by atoms with Crippen LogP contribution in [0.15, 0.2) is 24.4 Å². The molecule has 0 saturated heterocycles. The van der Waals surface area contributed by atoms with Crippen LogP contribution < -0.4 is 25.2 Å². The van der Waals surface area contributed by atoms with Crippen molar-refractivity contribution < 1.29 is 14.3 Å². The smallest absolute Gasteiger partial charge is 0.251 e. The quantitative estimate of drug-likeness (QED) is 0.468. The van der Waals surface area contributed by atoms with Crippen LogP contribution >= 0.6 is 0 Å². The molecule has 39 heavy (non-hydrogen) atoms. The molecule has 1 aliphatic heterocycles. The zero-order valence-electron chi connectivity index (χ0n) is 23.6. The Hall–Kier alpha value is -3.40. The van der Waals surface area contributed by atoms with Crippen molar-refractivity contribution in [2.75, 3.05) is 63.0 Å². The summed E-state index contributed by atoms with van der Waals surface area (Å²) in [4.78, 5) is 42.0. The van der Waals surface area contributed by atoms with E-state index < -0.39 is 0 Å². The topological polar surface area (TPSA) is 103 Å². The molecule has 2 fully saturated rings. The number of amides is 2. The molecule has 2 aromatic rings. The summed E-state index contributed by atoms with van der Waals surface area (Å²) in [6.07, 6.45) is 10.2. The number of carbonyl (C=O) groups is 2. The molecule has 3 aliphatic rings. The summed E-state index contributed by atoms with van der Waals surface area (Å²) in [5.74, 6) is 1.82. The molecule has 10 nitrogen and oxygen atoms in total. The van der Waals surface area contributed by atoms with Crippen LogP contribution in [-0.2, 0) is 4.79 Å². The maximum absolute atomic E-state index is 13.5.